The number of aliphatic hydroxyl groups is 1. The Bertz CT molecular complexity index is 819. The summed E-state index contributed by atoms with van der Waals surface area (Å²) in [5.41, 5.74) is 0.670. The maximum atomic E-state index is 12.9. The van der Waals surface area contributed by atoms with Crippen LogP contribution in [0.5, 0.6) is 0 Å². The van der Waals surface area contributed by atoms with Crippen molar-refractivity contribution in [3.8, 4) is 0 Å². The molecule has 3 aliphatic heterocycles. The highest BCUT2D eigenvalue weighted by Crippen LogP contribution is 2.55. The molecule has 1 spiro atoms. The molecular formula is C30H53N5O4. The van der Waals surface area contributed by atoms with Crippen LogP contribution in [-0.2, 0) is 14.3 Å². The van der Waals surface area contributed by atoms with E-state index in [1.54, 1.807) is 0 Å². The average molecular weight is 548 g/mol. The van der Waals surface area contributed by atoms with Crippen LogP contribution in [0.1, 0.15) is 77.6 Å². The number of piperidine rings is 2. The molecule has 6 aliphatic rings. The molecule has 1 amide bonds. The van der Waals surface area contributed by atoms with Crippen molar-refractivity contribution >= 4 is 5.91 Å². The molecule has 0 bridgehead atoms. The smallest absolute Gasteiger partial charge is 0.223 e. The van der Waals surface area contributed by atoms with Crippen molar-refractivity contribution in [1.29, 1.82) is 0 Å². The molecule has 6 rings (SSSR count). The zero-order valence-corrected chi connectivity index (χ0v) is 24.0. The molecule has 0 aromatic rings. The third-order valence-electron chi connectivity index (χ3n) is 11.1. The van der Waals surface area contributed by atoms with Gasteiger partial charge in [-0.2, -0.15) is 0 Å². The van der Waals surface area contributed by atoms with Crippen LogP contribution in [0.25, 0.3) is 0 Å². The second-order valence-corrected chi connectivity index (χ2v) is 13.9. The van der Waals surface area contributed by atoms with Gasteiger partial charge in [-0.1, -0.05) is 6.42 Å². The lowest BCUT2D eigenvalue weighted by molar-refractivity contribution is -0.127. The number of carbonyl (C=O) groups is 1. The highest BCUT2D eigenvalue weighted by atomic mass is 16.5. The Morgan fingerprint density at radius 1 is 1.15 bits per heavy atom. The van der Waals surface area contributed by atoms with Crippen molar-refractivity contribution in [2.24, 2.45) is 23.2 Å². The molecule has 0 aromatic carbocycles. The topological polar surface area (TPSA) is 107 Å². The SMILES string of the molecule is CC1NCOC1COC1CCC2CN(C[C@@H](O)CNC(=O)C3CCNC(NC4CC5(CCC5)C4)C3)CCC2C1. The van der Waals surface area contributed by atoms with Gasteiger partial charge >= 0.3 is 0 Å². The van der Waals surface area contributed by atoms with Crippen LogP contribution >= 0.6 is 0 Å². The van der Waals surface area contributed by atoms with Crippen LogP contribution in [0.4, 0.5) is 0 Å². The summed E-state index contributed by atoms with van der Waals surface area (Å²) in [6, 6.07) is 0.983. The van der Waals surface area contributed by atoms with Gasteiger partial charge in [0.2, 0.25) is 5.91 Å². The van der Waals surface area contributed by atoms with E-state index in [0.717, 1.165) is 51.2 Å². The predicted molar refractivity (Wildman–Crippen MR) is 150 cm³/mol. The zero-order valence-electron chi connectivity index (χ0n) is 24.0. The number of carbonyl (C=O) groups excluding carboxylic acids is 1. The van der Waals surface area contributed by atoms with Gasteiger partial charge in [0, 0.05) is 37.6 Å². The molecule has 222 valence electrons. The monoisotopic (exact) mass is 547 g/mol. The second-order valence-electron chi connectivity index (χ2n) is 13.9. The molecule has 0 radical (unpaired) electrons. The molecule has 0 aromatic heterocycles. The van der Waals surface area contributed by atoms with Gasteiger partial charge in [0.15, 0.2) is 0 Å². The number of fused-ring (bicyclic) bond motifs is 1. The normalized spacial score (nSPS) is 39.5. The third kappa shape index (κ3) is 6.99. The van der Waals surface area contributed by atoms with Crippen molar-refractivity contribution < 1.29 is 19.4 Å². The maximum Gasteiger partial charge on any atom is 0.223 e. The van der Waals surface area contributed by atoms with Crippen molar-refractivity contribution in [3.63, 3.8) is 0 Å². The largest absolute Gasteiger partial charge is 0.390 e. The first-order chi connectivity index (χ1) is 18.9. The van der Waals surface area contributed by atoms with Crippen LogP contribution in [0.3, 0.4) is 0 Å². The number of ether oxygens (including phenoxy) is 2. The third-order valence-corrected chi connectivity index (χ3v) is 11.1. The van der Waals surface area contributed by atoms with Gasteiger partial charge in [-0.05, 0) is 101 Å². The van der Waals surface area contributed by atoms with E-state index in [9.17, 15) is 9.90 Å². The van der Waals surface area contributed by atoms with Crippen molar-refractivity contribution in [2.75, 3.05) is 46.1 Å². The summed E-state index contributed by atoms with van der Waals surface area (Å²) in [4.78, 5) is 15.3. The first-order valence-corrected chi connectivity index (χ1v) is 16.1. The molecule has 3 saturated heterocycles. The van der Waals surface area contributed by atoms with E-state index in [1.165, 1.54) is 44.9 Å². The van der Waals surface area contributed by atoms with Gasteiger partial charge in [-0.15, -0.1) is 0 Å². The number of likely N-dealkylation sites (tertiary alicyclic amines) is 1. The van der Waals surface area contributed by atoms with Crippen LogP contribution in [0.15, 0.2) is 0 Å². The maximum absolute atomic E-state index is 12.9. The van der Waals surface area contributed by atoms with Crippen molar-refractivity contribution in [1.82, 2.24) is 26.2 Å². The van der Waals surface area contributed by atoms with Gasteiger partial charge < -0.3 is 30.1 Å². The predicted octanol–water partition coefficient (Wildman–Crippen LogP) is 1.55. The number of hydrogen-bond donors (Lipinski definition) is 5. The molecule has 7 unspecified atom stereocenters. The number of aliphatic hydroxyl groups excluding tert-OH is 1. The Hall–Kier alpha value is -0.810. The Morgan fingerprint density at radius 3 is 2.79 bits per heavy atom. The van der Waals surface area contributed by atoms with Crippen LogP contribution in [0, 0.1) is 23.2 Å². The van der Waals surface area contributed by atoms with Crippen molar-refractivity contribution in [3.05, 3.63) is 0 Å². The fourth-order valence-electron chi connectivity index (χ4n) is 8.43. The van der Waals surface area contributed by atoms with Gasteiger partial charge in [0.1, 0.15) is 0 Å². The second kappa shape index (κ2) is 12.6. The molecule has 3 aliphatic carbocycles. The average Bonchev–Trinajstić information content (AvgIpc) is 3.31. The number of nitrogens with one attached hydrogen (secondary N) is 4. The molecule has 6 fully saturated rings. The summed E-state index contributed by atoms with van der Waals surface area (Å²) >= 11 is 0. The van der Waals surface area contributed by atoms with E-state index in [0.29, 0.717) is 55.9 Å². The minimum absolute atomic E-state index is 0.0292. The number of hydrogen-bond acceptors (Lipinski definition) is 8. The summed E-state index contributed by atoms with van der Waals surface area (Å²) in [5.74, 6) is 1.55. The van der Waals surface area contributed by atoms with E-state index in [2.05, 4.69) is 33.1 Å². The summed E-state index contributed by atoms with van der Waals surface area (Å²) in [6.45, 7) is 7.44. The van der Waals surface area contributed by atoms with E-state index >= 15 is 0 Å². The lowest BCUT2D eigenvalue weighted by Crippen LogP contribution is -2.59. The first kappa shape index (κ1) is 28.3. The van der Waals surface area contributed by atoms with Crippen LogP contribution in [-0.4, -0.2) is 98.5 Å². The van der Waals surface area contributed by atoms with Crippen LogP contribution < -0.4 is 21.3 Å². The summed E-state index contributed by atoms with van der Waals surface area (Å²) in [7, 11) is 0. The summed E-state index contributed by atoms with van der Waals surface area (Å²) in [6.07, 6.45) is 13.5. The van der Waals surface area contributed by atoms with E-state index in [-0.39, 0.29) is 24.1 Å². The number of nitrogens with zero attached hydrogens (tertiary/aromatic N) is 1. The highest BCUT2D eigenvalue weighted by molar-refractivity contribution is 5.78. The molecular weight excluding hydrogens is 494 g/mol. The fourth-order valence-corrected chi connectivity index (χ4v) is 8.43. The number of amides is 1. The molecule has 5 N–H and O–H groups in total. The van der Waals surface area contributed by atoms with Gasteiger partial charge in [-0.3, -0.25) is 15.4 Å². The molecule has 3 heterocycles. The molecule has 8 atom stereocenters. The lowest BCUT2D eigenvalue weighted by atomic mass is 9.54. The minimum Gasteiger partial charge on any atom is -0.390 e. The Labute approximate surface area is 234 Å². The zero-order chi connectivity index (χ0) is 26.8. The van der Waals surface area contributed by atoms with Gasteiger partial charge in [0.25, 0.3) is 0 Å². The van der Waals surface area contributed by atoms with Gasteiger partial charge in [-0.25, -0.2) is 0 Å². The standard InChI is InChI=1S/C30H53N5O4/c1-20-27(39-19-33-20)18-38-26-4-3-23-16-35(10-6-21(23)11-26)17-25(36)15-32-29(37)22-5-9-31-28(12-22)34-24-13-30(14-24)7-2-8-30/h20-28,31,33-34,36H,2-19H2,1H3,(H,32,37)/t20?,21?,22?,23?,25-,26?,27?,28?/m0/s1. The molecule has 9 nitrogen and oxygen atoms in total. The van der Waals surface area contributed by atoms with Crippen LogP contribution in [0.2, 0.25) is 0 Å². The Balaban J connectivity index is 0.856. The first-order valence-electron chi connectivity index (χ1n) is 16.1. The van der Waals surface area contributed by atoms with Gasteiger partial charge in [0.05, 0.1) is 37.8 Å². The molecule has 39 heavy (non-hydrogen) atoms. The van der Waals surface area contributed by atoms with E-state index in [1.807, 2.05) is 0 Å². The Kier molecular flexibility index (Phi) is 9.14. The molecule has 9 heteroatoms. The summed E-state index contributed by atoms with van der Waals surface area (Å²) in [5, 5.41) is 24.5. The summed E-state index contributed by atoms with van der Waals surface area (Å²) < 4.78 is 12.0. The van der Waals surface area contributed by atoms with E-state index < -0.39 is 6.10 Å². The lowest BCUT2D eigenvalue weighted by Gasteiger charge is -2.55. The minimum atomic E-state index is -0.517. The van der Waals surface area contributed by atoms with E-state index in [4.69, 9.17) is 9.47 Å². The highest BCUT2D eigenvalue weighted by Gasteiger charge is 2.48. The quantitative estimate of drug-likeness (QED) is 0.281. The Morgan fingerprint density at radius 2 is 2.03 bits per heavy atom. The fraction of sp³-hybridized carbons (Fsp3) is 0.967. The number of β-amino-alcohol motifs (C(OH)–C–C–N with tert-alkyl or cyclic N) is 1. The number of rotatable bonds is 10. The molecule has 3 saturated carbocycles. The van der Waals surface area contributed by atoms with Crippen molar-refractivity contribution in [2.45, 2.75) is 114 Å².